The molecule has 0 radical (unpaired) electrons. The molecule has 1 aromatic carbocycles. The van der Waals surface area contributed by atoms with Gasteiger partial charge in [-0.2, -0.15) is 13.2 Å². The molecule has 3 nitrogen and oxygen atoms in total. The molecule has 0 aliphatic heterocycles. The number of nitrogens with zero attached hydrogens (tertiary/aromatic N) is 2. The van der Waals surface area contributed by atoms with Crippen molar-refractivity contribution in [3.63, 3.8) is 0 Å². The van der Waals surface area contributed by atoms with Crippen LogP contribution in [0.25, 0.3) is 22.3 Å². The maximum atomic E-state index is 13.0. The van der Waals surface area contributed by atoms with E-state index < -0.39 is 11.7 Å². The number of H-pyrrole nitrogens is 1. The van der Waals surface area contributed by atoms with Crippen LogP contribution in [0.3, 0.4) is 0 Å². The van der Waals surface area contributed by atoms with Crippen molar-refractivity contribution in [1.82, 2.24) is 15.0 Å². The van der Waals surface area contributed by atoms with E-state index in [0.29, 0.717) is 16.7 Å². The lowest BCUT2D eigenvalue weighted by atomic mass is 10.0. The molecule has 0 atom stereocenters. The van der Waals surface area contributed by atoms with Gasteiger partial charge in [0.2, 0.25) is 0 Å². The van der Waals surface area contributed by atoms with Crippen LogP contribution < -0.4 is 0 Å². The highest BCUT2D eigenvalue weighted by molar-refractivity contribution is 6.29. The van der Waals surface area contributed by atoms with E-state index in [1.165, 1.54) is 24.5 Å². The zero-order valence-electron chi connectivity index (χ0n) is 9.87. The Bertz CT molecular complexity index is 780. The highest BCUT2D eigenvalue weighted by Crippen LogP contribution is 2.38. The predicted octanol–water partition coefficient (Wildman–Crippen LogP) is 4.30. The molecule has 3 rings (SSSR count). The van der Waals surface area contributed by atoms with E-state index in [1.54, 1.807) is 6.07 Å². The molecule has 0 amide bonds. The van der Waals surface area contributed by atoms with E-state index in [-0.39, 0.29) is 10.7 Å². The molecule has 0 unspecified atom stereocenters. The summed E-state index contributed by atoms with van der Waals surface area (Å²) in [4.78, 5) is 10.8. The number of halogens is 4. The largest absolute Gasteiger partial charge is 0.417 e. The van der Waals surface area contributed by atoms with E-state index in [2.05, 4.69) is 15.0 Å². The third-order valence-corrected chi connectivity index (χ3v) is 3.06. The maximum absolute atomic E-state index is 13.0. The van der Waals surface area contributed by atoms with Gasteiger partial charge in [-0.05, 0) is 11.6 Å². The predicted molar refractivity (Wildman–Crippen MR) is 69.3 cm³/mol. The smallest absolute Gasteiger partial charge is 0.344 e. The van der Waals surface area contributed by atoms with Crippen molar-refractivity contribution in [2.75, 3.05) is 0 Å². The number of benzene rings is 1. The lowest BCUT2D eigenvalue weighted by molar-refractivity contribution is -0.137. The summed E-state index contributed by atoms with van der Waals surface area (Å²) in [6, 6.07) is 5.32. The van der Waals surface area contributed by atoms with E-state index in [0.717, 1.165) is 6.07 Å². The van der Waals surface area contributed by atoms with Crippen LogP contribution >= 0.6 is 11.6 Å². The Labute approximate surface area is 116 Å². The van der Waals surface area contributed by atoms with Crippen LogP contribution in [0.15, 0.2) is 36.7 Å². The Morgan fingerprint density at radius 2 is 1.85 bits per heavy atom. The van der Waals surface area contributed by atoms with E-state index in [1.807, 2.05) is 0 Å². The van der Waals surface area contributed by atoms with Gasteiger partial charge < -0.3 is 4.98 Å². The number of nitrogens with one attached hydrogen (secondary N) is 1. The number of alkyl halides is 3. The van der Waals surface area contributed by atoms with Crippen molar-refractivity contribution in [3.05, 3.63) is 47.4 Å². The van der Waals surface area contributed by atoms with Crippen molar-refractivity contribution in [2.45, 2.75) is 6.18 Å². The molecule has 0 saturated heterocycles. The van der Waals surface area contributed by atoms with Crippen LogP contribution in [0, 0.1) is 0 Å². The summed E-state index contributed by atoms with van der Waals surface area (Å²) in [5.74, 6) is 0. The summed E-state index contributed by atoms with van der Waals surface area (Å²) < 4.78 is 39.1. The summed E-state index contributed by atoms with van der Waals surface area (Å²) in [6.45, 7) is 0. The normalized spacial score (nSPS) is 12.0. The first-order chi connectivity index (χ1) is 9.47. The number of aromatic nitrogens is 3. The van der Waals surface area contributed by atoms with Gasteiger partial charge in [-0.3, -0.25) is 0 Å². The summed E-state index contributed by atoms with van der Waals surface area (Å²) in [5.41, 5.74) is 0.351. The molecule has 20 heavy (non-hydrogen) atoms. The summed E-state index contributed by atoms with van der Waals surface area (Å²) in [7, 11) is 0. The van der Waals surface area contributed by atoms with Crippen LogP contribution in [0.2, 0.25) is 5.15 Å². The average Bonchev–Trinajstić information content (AvgIpc) is 2.80. The van der Waals surface area contributed by atoms with Gasteiger partial charge in [0.15, 0.2) is 5.65 Å². The second-order valence-electron chi connectivity index (χ2n) is 4.14. The first kappa shape index (κ1) is 12.9. The first-order valence-electron chi connectivity index (χ1n) is 5.63. The van der Waals surface area contributed by atoms with Gasteiger partial charge >= 0.3 is 6.18 Å². The Morgan fingerprint density at radius 3 is 2.60 bits per heavy atom. The van der Waals surface area contributed by atoms with Crippen LogP contribution in [0.5, 0.6) is 0 Å². The van der Waals surface area contributed by atoms with Crippen molar-refractivity contribution in [1.29, 1.82) is 0 Å². The lowest BCUT2D eigenvalue weighted by Crippen LogP contribution is -2.06. The second kappa shape index (κ2) is 4.49. The summed E-state index contributed by atoms with van der Waals surface area (Å²) in [6.07, 6.45) is -1.66. The molecule has 0 fully saturated rings. The van der Waals surface area contributed by atoms with E-state index >= 15 is 0 Å². The Morgan fingerprint density at radius 1 is 1.10 bits per heavy atom. The Hall–Kier alpha value is -2.08. The molecule has 0 aliphatic carbocycles. The zero-order valence-corrected chi connectivity index (χ0v) is 10.6. The standard InChI is InChI=1S/C13H7ClF3N3/c14-10-6-19-12-11(20-10)8(5-18-12)7-3-1-2-4-9(7)13(15,16)17/h1-6H,(H,18,19). The molecule has 3 aromatic rings. The second-order valence-corrected chi connectivity index (χ2v) is 4.52. The summed E-state index contributed by atoms with van der Waals surface area (Å²) in [5, 5.41) is 0.128. The van der Waals surface area contributed by atoms with Crippen LogP contribution in [-0.2, 0) is 6.18 Å². The molecule has 2 aromatic heterocycles. The van der Waals surface area contributed by atoms with Crippen molar-refractivity contribution in [3.8, 4) is 11.1 Å². The molecule has 0 saturated carbocycles. The fourth-order valence-electron chi connectivity index (χ4n) is 2.04. The van der Waals surface area contributed by atoms with Gasteiger partial charge in [0.1, 0.15) is 10.7 Å². The Balaban J connectivity index is 2.29. The zero-order chi connectivity index (χ0) is 14.3. The molecule has 7 heteroatoms. The molecule has 0 spiro atoms. The Kier molecular flexibility index (Phi) is 2.90. The number of hydrogen-bond donors (Lipinski definition) is 1. The monoisotopic (exact) mass is 297 g/mol. The van der Waals surface area contributed by atoms with Gasteiger partial charge in [0.25, 0.3) is 0 Å². The topological polar surface area (TPSA) is 41.6 Å². The van der Waals surface area contributed by atoms with Crippen molar-refractivity contribution >= 4 is 22.8 Å². The maximum Gasteiger partial charge on any atom is 0.417 e. The minimum Gasteiger partial charge on any atom is -0.344 e. The molecular formula is C13H7ClF3N3. The highest BCUT2D eigenvalue weighted by atomic mass is 35.5. The minimum atomic E-state index is -4.44. The van der Waals surface area contributed by atoms with Crippen LogP contribution in [0.1, 0.15) is 5.56 Å². The third kappa shape index (κ3) is 2.12. The highest BCUT2D eigenvalue weighted by Gasteiger charge is 2.34. The number of aromatic amines is 1. The molecule has 0 bridgehead atoms. The minimum absolute atomic E-state index is 0.0443. The molecule has 2 heterocycles. The van der Waals surface area contributed by atoms with Gasteiger partial charge in [-0.25, -0.2) is 9.97 Å². The number of rotatable bonds is 1. The van der Waals surface area contributed by atoms with E-state index in [4.69, 9.17) is 11.6 Å². The lowest BCUT2D eigenvalue weighted by Gasteiger charge is -2.11. The average molecular weight is 298 g/mol. The molecule has 102 valence electrons. The quantitative estimate of drug-likeness (QED) is 0.727. The number of hydrogen-bond acceptors (Lipinski definition) is 2. The van der Waals surface area contributed by atoms with E-state index in [9.17, 15) is 13.2 Å². The van der Waals surface area contributed by atoms with Gasteiger partial charge in [-0.1, -0.05) is 29.8 Å². The van der Waals surface area contributed by atoms with Gasteiger partial charge in [0, 0.05) is 11.8 Å². The van der Waals surface area contributed by atoms with Gasteiger partial charge in [-0.15, -0.1) is 0 Å². The molecule has 1 N–H and O–H groups in total. The molecule has 0 aliphatic rings. The van der Waals surface area contributed by atoms with Crippen molar-refractivity contribution < 1.29 is 13.2 Å². The fourth-order valence-corrected chi connectivity index (χ4v) is 2.17. The SMILES string of the molecule is FC(F)(F)c1ccccc1-c1c[nH]c2ncc(Cl)nc12. The van der Waals surface area contributed by atoms with Crippen LogP contribution in [0.4, 0.5) is 13.2 Å². The van der Waals surface area contributed by atoms with Crippen molar-refractivity contribution in [2.24, 2.45) is 0 Å². The van der Waals surface area contributed by atoms with Gasteiger partial charge in [0.05, 0.1) is 11.8 Å². The first-order valence-corrected chi connectivity index (χ1v) is 6.01. The van der Waals surface area contributed by atoms with Crippen LogP contribution in [-0.4, -0.2) is 15.0 Å². The molecular weight excluding hydrogens is 291 g/mol. The fraction of sp³-hybridized carbons (Fsp3) is 0.0769. The third-order valence-electron chi connectivity index (χ3n) is 2.87. The number of fused-ring (bicyclic) bond motifs is 1. The summed E-state index contributed by atoms with van der Waals surface area (Å²) >= 11 is 5.75.